The second kappa shape index (κ2) is 6.56. The lowest BCUT2D eigenvalue weighted by atomic mass is 9.78. The second-order valence-electron chi connectivity index (χ2n) is 7.33. The van der Waals surface area contributed by atoms with Crippen molar-refractivity contribution in [2.75, 3.05) is 19.8 Å². The molecule has 2 spiro atoms. The number of amides is 1. The average Bonchev–Trinajstić information content (AvgIpc) is 3.07. The highest BCUT2D eigenvalue weighted by molar-refractivity contribution is 9.10. The van der Waals surface area contributed by atoms with Crippen molar-refractivity contribution in [2.45, 2.75) is 56.5 Å². The van der Waals surface area contributed by atoms with Gasteiger partial charge in [0.25, 0.3) is 0 Å². The van der Waals surface area contributed by atoms with Crippen molar-refractivity contribution < 1.29 is 19.0 Å². The maximum atomic E-state index is 12.7. The summed E-state index contributed by atoms with van der Waals surface area (Å²) in [5, 5.41) is 0. The van der Waals surface area contributed by atoms with E-state index in [-0.39, 0.29) is 17.7 Å². The van der Waals surface area contributed by atoms with Gasteiger partial charge in [-0.25, -0.2) is 4.79 Å². The molecule has 136 valence electrons. The third-order valence-electron chi connectivity index (χ3n) is 5.90. The molecule has 1 amide bonds. The number of hydrogen-bond donors (Lipinski definition) is 0. The zero-order chi connectivity index (χ0) is 17.5. The van der Waals surface area contributed by atoms with Gasteiger partial charge in [0.05, 0.1) is 19.3 Å². The quantitative estimate of drug-likeness (QED) is 0.725. The Hall–Kier alpha value is -1.11. The molecule has 2 saturated heterocycles. The lowest BCUT2D eigenvalue weighted by Crippen LogP contribution is -2.54. The Kier molecular flexibility index (Phi) is 4.54. The minimum absolute atomic E-state index is 0.00869. The van der Waals surface area contributed by atoms with Gasteiger partial charge in [0.2, 0.25) is 0 Å². The molecule has 25 heavy (non-hydrogen) atoms. The minimum Gasteiger partial charge on any atom is -0.443 e. The Balaban J connectivity index is 1.40. The van der Waals surface area contributed by atoms with Gasteiger partial charge in [0.1, 0.15) is 5.60 Å². The number of benzene rings is 1. The van der Waals surface area contributed by atoms with Gasteiger partial charge in [-0.2, -0.15) is 0 Å². The maximum absolute atomic E-state index is 12.7. The third kappa shape index (κ3) is 3.32. The van der Waals surface area contributed by atoms with Crippen LogP contribution in [0.4, 0.5) is 4.79 Å². The number of halogens is 1. The zero-order valence-corrected chi connectivity index (χ0v) is 16.1. The molecule has 1 aliphatic carbocycles. The Morgan fingerprint density at radius 1 is 1.04 bits per heavy atom. The normalized spacial score (nSPS) is 26.0. The van der Waals surface area contributed by atoms with Gasteiger partial charge in [0, 0.05) is 30.3 Å². The van der Waals surface area contributed by atoms with E-state index in [2.05, 4.69) is 22.9 Å². The number of rotatable bonds is 2. The summed E-state index contributed by atoms with van der Waals surface area (Å²) in [6.07, 6.45) is 3.92. The molecule has 2 heterocycles. The molecular weight excluding hydrogens is 386 g/mol. The van der Waals surface area contributed by atoms with Gasteiger partial charge in [-0.05, 0) is 37.5 Å². The summed E-state index contributed by atoms with van der Waals surface area (Å²) in [7, 11) is 0. The Bertz CT molecular complexity index is 631. The molecule has 1 aromatic rings. The predicted octanol–water partition coefficient (Wildman–Crippen LogP) is 4.41. The molecule has 5 nitrogen and oxygen atoms in total. The summed E-state index contributed by atoms with van der Waals surface area (Å²) in [5.41, 5.74) is 0.777. The van der Waals surface area contributed by atoms with E-state index >= 15 is 0 Å². The van der Waals surface area contributed by atoms with Crippen molar-refractivity contribution in [3.8, 4) is 0 Å². The summed E-state index contributed by atoms with van der Waals surface area (Å²) in [4.78, 5) is 14.5. The molecule has 1 saturated carbocycles. The molecule has 0 N–H and O–H groups in total. The van der Waals surface area contributed by atoms with Crippen molar-refractivity contribution >= 4 is 22.0 Å². The molecule has 1 atom stereocenters. The van der Waals surface area contributed by atoms with Crippen molar-refractivity contribution in [3.63, 3.8) is 0 Å². The molecular formula is C19H24BrNO4. The number of ether oxygens (including phenoxy) is 3. The van der Waals surface area contributed by atoms with Gasteiger partial charge in [0.15, 0.2) is 5.79 Å². The van der Waals surface area contributed by atoms with Crippen LogP contribution < -0.4 is 0 Å². The van der Waals surface area contributed by atoms with E-state index < -0.39 is 5.79 Å². The van der Waals surface area contributed by atoms with Crippen LogP contribution in [0.3, 0.4) is 0 Å². The van der Waals surface area contributed by atoms with Gasteiger partial charge in [-0.15, -0.1) is 0 Å². The summed E-state index contributed by atoms with van der Waals surface area (Å²) in [5.74, 6) is -0.417. The minimum atomic E-state index is -0.417. The fraction of sp³-hybridized carbons (Fsp3) is 0.632. The van der Waals surface area contributed by atoms with Crippen molar-refractivity contribution in [2.24, 2.45) is 0 Å². The number of nitrogens with zero attached hydrogens (tertiary/aromatic N) is 1. The fourth-order valence-corrected chi connectivity index (χ4v) is 4.47. The number of carbonyl (C=O) groups excluding carboxylic acids is 1. The summed E-state index contributed by atoms with van der Waals surface area (Å²) in [6.45, 7) is 4.12. The van der Waals surface area contributed by atoms with Crippen LogP contribution in [-0.4, -0.2) is 42.1 Å². The van der Waals surface area contributed by atoms with Crippen LogP contribution in [0.15, 0.2) is 28.7 Å². The molecule has 2 aliphatic heterocycles. The summed E-state index contributed by atoms with van der Waals surface area (Å²) >= 11 is 3.45. The summed E-state index contributed by atoms with van der Waals surface area (Å²) in [6, 6.07) is 8.11. The van der Waals surface area contributed by atoms with Crippen LogP contribution in [0.1, 0.15) is 50.6 Å². The number of hydrogen-bond acceptors (Lipinski definition) is 4. The number of carbonyl (C=O) groups is 1. The Morgan fingerprint density at radius 3 is 2.28 bits per heavy atom. The first kappa shape index (κ1) is 17.3. The molecule has 0 radical (unpaired) electrons. The van der Waals surface area contributed by atoms with Crippen molar-refractivity contribution in [1.82, 2.24) is 4.90 Å². The monoisotopic (exact) mass is 409 g/mol. The molecule has 4 rings (SSSR count). The van der Waals surface area contributed by atoms with E-state index in [1.54, 1.807) is 0 Å². The van der Waals surface area contributed by atoms with Crippen LogP contribution in [-0.2, 0) is 14.2 Å². The van der Waals surface area contributed by atoms with Gasteiger partial charge in [-0.3, -0.25) is 0 Å². The van der Waals surface area contributed by atoms with Crippen molar-refractivity contribution in [1.29, 1.82) is 0 Å². The van der Waals surface area contributed by atoms with E-state index in [0.29, 0.717) is 13.2 Å². The zero-order valence-electron chi connectivity index (χ0n) is 14.5. The molecule has 1 unspecified atom stereocenters. The highest BCUT2D eigenvalue weighted by atomic mass is 79.9. The lowest BCUT2D eigenvalue weighted by Gasteiger charge is -2.48. The Labute approximate surface area is 156 Å². The maximum Gasteiger partial charge on any atom is 0.410 e. The van der Waals surface area contributed by atoms with Crippen LogP contribution in [0.5, 0.6) is 0 Å². The second-order valence-corrected chi connectivity index (χ2v) is 8.25. The largest absolute Gasteiger partial charge is 0.443 e. The SMILES string of the molecule is CC(c1ccc(Br)cc1)N1CCC2(CCC3(CC2)OCCO3)OC1=O. The lowest BCUT2D eigenvalue weighted by molar-refractivity contribution is -0.208. The third-order valence-corrected chi connectivity index (χ3v) is 6.43. The highest BCUT2D eigenvalue weighted by Gasteiger charge is 2.50. The first-order valence-electron chi connectivity index (χ1n) is 9.04. The van der Waals surface area contributed by atoms with Crippen LogP contribution >= 0.6 is 15.9 Å². The first-order valence-corrected chi connectivity index (χ1v) is 9.83. The van der Waals surface area contributed by atoms with E-state index in [4.69, 9.17) is 14.2 Å². The van der Waals surface area contributed by atoms with Crippen molar-refractivity contribution in [3.05, 3.63) is 34.3 Å². The van der Waals surface area contributed by atoms with E-state index in [1.807, 2.05) is 29.2 Å². The van der Waals surface area contributed by atoms with Gasteiger partial charge >= 0.3 is 6.09 Å². The van der Waals surface area contributed by atoms with Crippen LogP contribution in [0.2, 0.25) is 0 Å². The van der Waals surface area contributed by atoms with E-state index in [0.717, 1.165) is 48.7 Å². The Morgan fingerprint density at radius 2 is 1.68 bits per heavy atom. The van der Waals surface area contributed by atoms with Crippen LogP contribution in [0, 0.1) is 0 Å². The average molecular weight is 410 g/mol. The summed E-state index contributed by atoms with van der Waals surface area (Å²) < 4.78 is 18.6. The standard InChI is InChI=1S/C19H24BrNO4/c1-14(15-2-4-16(20)5-3-15)21-11-10-18(25-17(21)22)6-8-19(9-7-18)23-12-13-24-19/h2-5,14H,6-13H2,1H3. The van der Waals surface area contributed by atoms with Gasteiger partial charge < -0.3 is 19.1 Å². The molecule has 3 aliphatic rings. The first-order chi connectivity index (χ1) is 12.0. The fourth-order valence-electron chi connectivity index (χ4n) is 4.21. The topological polar surface area (TPSA) is 48.0 Å². The smallest absolute Gasteiger partial charge is 0.410 e. The van der Waals surface area contributed by atoms with E-state index in [1.165, 1.54) is 0 Å². The molecule has 1 aromatic carbocycles. The van der Waals surface area contributed by atoms with Crippen LogP contribution in [0.25, 0.3) is 0 Å². The van der Waals surface area contributed by atoms with E-state index in [9.17, 15) is 4.79 Å². The molecule has 6 heteroatoms. The van der Waals surface area contributed by atoms with Gasteiger partial charge in [-0.1, -0.05) is 28.1 Å². The molecule has 0 bridgehead atoms. The molecule has 3 fully saturated rings. The molecule has 0 aromatic heterocycles. The predicted molar refractivity (Wildman–Crippen MR) is 96.2 cm³/mol. The highest BCUT2D eigenvalue weighted by Crippen LogP contribution is 2.45.